The van der Waals surface area contributed by atoms with Crippen LogP contribution >= 0.6 is 15.9 Å². The van der Waals surface area contributed by atoms with Crippen molar-refractivity contribution in [3.63, 3.8) is 0 Å². The van der Waals surface area contributed by atoms with Gasteiger partial charge >= 0.3 is 6.09 Å². The molecule has 1 aromatic carbocycles. The van der Waals surface area contributed by atoms with Crippen LogP contribution in [0.15, 0.2) is 22.7 Å². The first-order valence-corrected chi connectivity index (χ1v) is 7.40. The minimum absolute atomic E-state index is 0.321. The molecule has 2 aliphatic heterocycles. The number of likely N-dealkylation sites (tertiary alicyclic amines) is 1. The number of hydrogen-bond donors (Lipinski definition) is 1. The van der Waals surface area contributed by atoms with Gasteiger partial charge in [-0.15, -0.1) is 0 Å². The van der Waals surface area contributed by atoms with Crippen molar-refractivity contribution in [3.8, 4) is 5.75 Å². The van der Waals surface area contributed by atoms with E-state index < -0.39 is 11.7 Å². The number of hydrogen-bond acceptors (Lipinski definition) is 4. The number of ether oxygens (including phenoxy) is 2. The maximum atomic E-state index is 11.6. The third-order valence-electron chi connectivity index (χ3n) is 3.71. The second kappa shape index (κ2) is 4.93. The highest BCUT2D eigenvalue weighted by Crippen LogP contribution is 2.44. The van der Waals surface area contributed by atoms with Crippen molar-refractivity contribution in [1.82, 2.24) is 4.90 Å². The molecule has 5 nitrogen and oxygen atoms in total. The first kappa shape index (κ1) is 13.7. The summed E-state index contributed by atoms with van der Waals surface area (Å²) in [5.41, 5.74) is 0.312. The number of aliphatic hydroxyl groups excluding tert-OH is 1. The molecule has 0 radical (unpaired) electrons. The summed E-state index contributed by atoms with van der Waals surface area (Å²) in [5, 5.41) is 10.3. The van der Waals surface area contributed by atoms with Crippen LogP contribution in [0.5, 0.6) is 5.75 Å². The van der Waals surface area contributed by atoms with E-state index >= 15 is 0 Å². The zero-order chi connectivity index (χ0) is 14.3. The SMILES string of the molecule is CCOC(=O)N1CC2(C[C@@H](O)c3cc(Br)ccc3O2)C1. The Morgan fingerprint density at radius 2 is 2.35 bits per heavy atom. The number of aliphatic hydroxyl groups is 1. The van der Waals surface area contributed by atoms with Crippen molar-refractivity contribution in [2.24, 2.45) is 0 Å². The Bertz CT molecular complexity index is 542. The van der Waals surface area contributed by atoms with Crippen molar-refractivity contribution in [3.05, 3.63) is 28.2 Å². The molecule has 2 heterocycles. The molecular weight excluding hydrogens is 326 g/mol. The molecule has 0 aliphatic carbocycles. The fourth-order valence-electron chi connectivity index (χ4n) is 2.80. The molecule has 108 valence electrons. The molecule has 0 saturated carbocycles. The van der Waals surface area contributed by atoms with Crippen LogP contribution in [0.3, 0.4) is 0 Å². The van der Waals surface area contributed by atoms with Crippen molar-refractivity contribution in [2.75, 3.05) is 19.7 Å². The van der Waals surface area contributed by atoms with E-state index in [1.165, 1.54) is 0 Å². The van der Waals surface area contributed by atoms with Crippen LogP contribution in [0, 0.1) is 0 Å². The first-order chi connectivity index (χ1) is 9.53. The minimum Gasteiger partial charge on any atom is -0.483 e. The van der Waals surface area contributed by atoms with Gasteiger partial charge in [0.15, 0.2) is 0 Å². The van der Waals surface area contributed by atoms with E-state index in [9.17, 15) is 9.90 Å². The van der Waals surface area contributed by atoms with E-state index in [1.54, 1.807) is 11.8 Å². The predicted octanol–water partition coefficient (Wildman–Crippen LogP) is 2.48. The highest BCUT2D eigenvalue weighted by molar-refractivity contribution is 9.10. The number of fused-ring (bicyclic) bond motifs is 1. The number of carbonyl (C=O) groups is 1. The molecule has 1 spiro atoms. The Balaban J connectivity index is 1.74. The summed E-state index contributed by atoms with van der Waals surface area (Å²) in [7, 11) is 0. The molecule has 0 aromatic heterocycles. The van der Waals surface area contributed by atoms with Gasteiger partial charge in [0.05, 0.1) is 25.8 Å². The monoisotopic (exact) mass is 341 g/mol. The maximum Gasteiger partial charge on any atom is 0.410 e. The lowest BCUT2D eigenvalue weighted by atomic mass is 9.83. The number of benzene rings is 1. The molecule has 0 bridgehead atoms. The lowest BCUT2D eigenvalue weighted by molar-refractivity contribution is -0.107. The van der Waals surface area contributed by atoms with Crippen LogP contribution in [0.4, 0.5) is 4.79 Å². The van der Waals surface area contributed by atoms with Gasteiger partial charge in [0.2, 0.25) is 0 Å². The van der Waals surface area contributed by atoms with Crippen molar-refractivity contribution >= 4 is 22.0 Å². The zero-order valence-electron chi connectivity index (χ0n) is 11.1. The van der Waals surface area contributed by atoms with Crippen LogP contribution in [0.25, 0.3) is 0 Å². The van der Waals surface area contributed by atoms with Gasteiger partial charge in [0, 0.05) is 16.5 Å². The molecule has 1 aromatic rings. The van der Waals surface area contributed by atoms with Crippen molar-refractivity contribution in [2.45, 2.75) is 25.0 Å². The minimum atomic E-state index is -0.569. The van der Waals surface area contributed by atoms with Gasteiger partial charge in [-0.1, -0.05) is 15.9 Å². The molecule has 1 amide bonds. The van der Waals surface area contributed by atoms with Crippen LogP contribution < -0.4 is 4.74 Å². The molecular formula is C14H16BrNO4. The Labute approximate surface area is 125 Å². The highest BCUT2D eigenvalue weighted by atomic mass is 79.9. The van der Waals surface area contributed by atoms with Gasteiger partial charge in [-0.25, -0.2) is 4.79 Å². The first-order valence-electron chi connectivity index (χ1n) is 6.61. The molecule has 3 rings (SSSR count). The van der Waals surface area contributed by atoms with Gasteiger partial charge < -0.3 is 19.5 Å². The van der Waals surface area contributed by atoms with Gasteiger partial charge in [0.1, 0.15) is 11.4 Å². The summed E-state index contributed by atoms with van der Waals surface area (Å²) in [6.45, 7) is 3.06. The Hall–Kier alpha value is -1.27. The van der Waals surface area contributed by atoms with Crippen molar-refractivity contribution < 1.29 is 19.4 Å². The summed E-state index contributed by atoms with van der Waals surface area (Å²) >= 11 is 3.39. The molecule has 1 atom stereocenters. The molecule has 1 saturated heterocycles. The van der Waals surface area contributed by atoms with Gasteiger partial charge in [-0.05, 0) is 25.1 Å². The molecule has 0 unspecified atom stereocenters. The van der Waals surface area contributed by atoms with E-state index in [-0.39, 0.29) is 6.09 Å². The van der Waals surface area contributed by atoms with E-state index in [2.05, 4.69) is 15.9 Å². The van der Waals surface area contributed by atoms with E-state index in [0.717, 1.165) is 10.0 Å². The summed E-state index contributed by atoms with van der Waals surface area (Å²) in [6, 6.07) is 5.59. The van der Waals surface area contributed by atoms with E-state index in [4.69, 9.17) is 9.47 Å². The lowest BCUT2D eigenvalue weighted by Crippen LogP contribution is -2.67. The van der Waals surface area contributed by atoms with Crippen LogP contribution in [-0.4, -0.2) is 41.4 Å². The van der Waals surface area contributed by atoms with Crippen molar-refractivity contribution in [1.29, 1.82) is 0 Å². The smallest absolute Gasteiger partial charge is 0.410 e. The predicted molar refractivity (Wildman–Crippen MR) is 75.7 cm³/mol. The second-order valence-electron chi connectivity index (χ2n) is 5.24. The topological polar surface area (TPSA) is 59.0 Å². The average Bonchev–Trinajstić information content (AvgIpc) is 2.37. The van der Waals surface area contributed by atoms with Crippen LogP contribution in [-0.2, 0) is 4.74 Å². The lowest BCUT2D eigenvalue weighted by Gasteiger charge is -2.51. The van der Waals surface area contributed by atoms with E-state index in [1.807, 2.05) is 18.2 Å². The normalized spacial score (nSPS) is 22.8. The zero-order valence-corrected chi connectivity index (χ0v) is 12.7. The molecule has 20 heavy (non-hydrogen) atoms. The highest BCUT2D eigenvalue weighted by Gasteiger charge is 2.52. The number of amides is 1. The van der Waals surface area contributed by atoms with Crippen LogP contribution in [0.1, 0.15) is 25.0 Å². The van der Waals surface area contributed by atoms with Gasteiger partial charge in [0.25, 0.3) is 0 Å². The fraction of sp³-hybridized carbons (Fsp3) is 0.500. The Kier molecular flexibility index (Phi) is 3.38. The molecule has 1 fully saturated rings. The summed E-state index contributed by atoms with van der Waals surface area (Å²) < 4.78 is 11.9. The van der Waals surface area contributed by atoms with Gasteiger partial charge in [-0.2, -0.15) is 0 Å². The summed E-state index contributed by atoms with van der Waals surface area (Å²) in [4.78, 5) is 13.2. The largest absolute Gasteiger partial charge is 0.483 e. The summed E-state index contributed by atoms with van der Waals surface area (Å²) in [6.07, 6.45) is -0.398. The molecule has 2 aliphatic rings. The van der Waals surface area contributed by atoms with E-state index in [0.29, 0.717) is 31.9 Å². The fourth-order valence-corrected chi connectivity index (χ4v) is 3.18. The number of halogens is 1. The number of carbonyl (C=O) groups excluding carboxylic acids is 1. The number of rotatable bonds is 1. The Morgan fingerprint density at radius 1 is 1.60 bits per heavy atom. The third-order valence-corrected chi connectivity index (χ3v) is 4.20. The summed E-state index contributed by atoms with van der Waals surface area (Å²) in [5.74, 6) is 0.690. The standard InChI is InChI=1S/C14H16BrNO4/c1-2-19-13(18)16-7-14(8-16)6-11(17)10-5-9(15)3-4-12(10)20-14/h3-5,11,17H,2,6-8H2,1H3/t11-/m1/s1. The third kappa shape index (κ3) is 2.27. The number of nitrogens with zero attached hydrogens (tertiary/aromatic N) is 1. The van der Waals surface area contributed by atoms with Gasteiger partial charge in [-0.3, -0.25) is 0 Å². The average molecular weight is 342 g/mol. The maximum absolute atomic E-state index is 11.6. The molecule has 1 N–H and O–H groups in total. The van der Waals surface area contributed by atoms with Crippen LogP contribution in [0.2, 0.25) is 0 Å². The quantitative estimate of drug-likeness (QED) is 0.852. The molecule has 6 heteroatoms. The Morgan fingerprint density at radius 3 is 3.05 bits per heavy atom. The second-order valence-corrected chi connectivity index (χ2v) is 6.16.